The molecule has 6 nitrogen and oxygen atoms in total. The number of amides is 1. The molecule has 0 N–H and O–H groups in total. The van der Waals surface area contributed by atoms with E-state index in [9.17, 15) is 22.8 Å². The number of nitrogens with zero attached hydrogens (tertiary/aromatic N) is 3. The lowest BCUT2D eigenvalue weighted by molar-refractivity contribution is -0.138. The van der Waals surface area contributed by atoms with Crippen LogP contribution in [0.4, 0.5) is 13.2 Å². The summed E-state index contributed by atoms with van der Waals surface area (Å²) in [6, 6.07) is 2.55. The summed E-state index contributed by atoms with van der Waals surface area (Å²) in [6.45, 7) is 4.40. The molecule has 0 fully saturated rings. The first-order valence-electron chi connectivity index (χ1n) is 10.3. The van der Waals surface area contributed by atoms with Crippen LogP contribution in [0.25, 0.3) is 11.1 Å². The average Bonchev–Trinajstić information content (AvgIpc) is 3.09. The fraction of sp³-hybridized carbons (Fsp3) is 0.348. The molecule has 2 aromatic heterocycles. The number of carbonyl (C=O) groups excluding carboxylic acids is 1. The second-order valence-corrected chi connectivity index (χ2v) is 9.07. The molecule has 3 aromatic rings. The highest BCUT2D eigenvalue weighted by Crippen LogP contribution is 2.42. The standard InChI is InChI=1S/C23H20Cl2F3N3O3/c1-10-7-16(23(26,27)28)15(21(32)30(10)4)9-31-6-5-13-17(24)8-14(20(25)19(13)22(31)33)18-11(2)29-34-12(18)3/h7-8H,5-6,9H2,1-4H3. The van der Waals surface area contributed by atoms with E-state index in [1.54, 1.807) is 19.9 Å². The third-order valence-corrected chi connectivity index (χ3v) is 6.91. The van der Waals surface area contributed by atoms with Gasteiger partial charge in [0.05, 0.1) is 28.4 Å². The number of pyridine rings is 1. The Morgan fingerprint density at radius 2 is 1.79 bits per heavy atom. The largest absolute Gasteiger partial charge is 0.417 e. The van der Waals surface area contributed by atoms with Crippen LogP contribution in [0, 0.1) is 20.8 Å². The molecule has 0 spiro atoms. The molecule has 1 aliphatic rings. The number of carbonyl (C=O) groups is 1. The third kappa shape index (κ3) is 3.90. The molecule has 11 heteroatoms. The number of aromatic nitrogens is 2. The van der Waals surface area contributed by atoms with Gasteiger partial charge < -0.3 is 14.0 Å². The van der Waals surface area contributed by atoms with Crippen molar-refractivity contribution in [1.82, 2.24) is 14.6 Å². The Morgan fingerprint density at radius 3 is 2.38 bits per heavy atom. The van der Waals surface area contributed by atoms with Crippen molar-refractivity contribution in [3.05, 3.63) is 71.9 Å². The van der Waals surface area contributed by atoms with E-state index in [1.807, 2.05) is 0 Å². The summed E-state index contributed by atoms with van der Waals surface area (Å²) in [7, 11) is 1.39. The predicted molar refractivity (Wildman–Crippen MR) is 121 cm³/mol. The summed E-state index contributed by atoms with van der Waals surface area (Å²) in [6.07, 6.45) is -4.48. The molecule has 1 aromatic carbocycles. The Balaban J connectivity index is 1.82. The molecule has 180 valence electrons. The maximum Gasteiger partial charge on any atom is 0.417 e. The van der Waals surface area contributed by atoms with Crippen molar-refractivity contribution in [1.29, 1.82) is 0 Å². The maximum absolute atomic E-state index is 13.7. The number of benzene rings is 1. The van der Waals surface area contributed by atoms with Gasteiger partial charge in [-0.2, -0.15) is 13.2 Å². The second-order valence-electron chi connectivity index (χ2n) is 8.29. The summed E-state index contributed by atoms with van der Waals surface area (Å²) in [5, 5.41) is 4.32. The van der Waals surface area contributed by atoms with Crippen LogP contribution in [0.1, 0.15) is 44.2 Å². The molecule has 0 saturated heterocycles. The molecule has 1 amide bonds. The fourth-order valence-corrected chi connectivity index (χ4v) is 4.95. The minimum Gasteiger partial charge on any atom is -0.361 e. The summed E-state index contributed by atoms with van der Waals surface area (Å²) < 4.78 is 47.5. The summed E-state index contributed by atoms with van der Waals surface area (Å²) in [5.41, 5.74) is -0.000172. The fourth-order valence-electron chi connectivity index (χ4n) is 4.31. The minimum atomic E-state index is -4.75. The Bertz CT molecular complexity index is 1370. The molecule has 0 radical (unpaired) electrons. The zero-order valence-electron chi connectivity index (χ0n) is 18.7. The van der Waals surface area contributed by atoms with Crippen molar-refractivity contribution >= 4 is 29.1 Å². The van der Waals surface area contributed by atoms with E-state index in [4.69, 9.17) is 27.7 Å². The van der Waals surface area contributed by atoms with Gasteiger partial charge in [0.1, 0.15) is 5.76 Å². The molecule has 0 bridgehead atoms. The normalized spacial score (nSPS) is 14.0. The van der Waals surface area contributed by atoms with Crippen LogP contribution < -0.4 is 5.56 Å². The first-order valence-corrected chi connectivity index (χ1v) is 11.1. The van der Waals surface area contributed by atoms with Gasteiger partial charge >= 0.3 is 6.18 Å². The van der Waals surface area contributed by atoms with E-state index in [1.165, 1.54) is 18.9 Å². The van der Waals surface area contributed by atoms with Gasteiger partial charge in [-0.15, -0.1) is 0 Å². The SMILES string of the molecule is Cc1noc(C)c1-c1cc(Cl)c2c(c1Cl)C(=O)N(Cc1c(C(F)(F)F)cc(C)n(C)c1=O)CC2. The van der Waals surface area contributed by atoms with Crippen molar-refractivity contribution in [2.24, 2.45) is 7.05 Å². The highest BCUT2D eigenvalue weighted by atomic mass is 35.5. The van der Waals surface area contributed by atoms with Gasteiger partial charge in [0.2, 0.25) is 0 Å². The minimum absolute atomic E-state index is 0.0842. The van der Waals surface area contributed by atoms with Crippen LogP contribution >= 0.6 is 23.2 Å². The van der Waals surface area contributed by atoms with Crippen molar-refractivity contribution in [3.8, 4) is 11.1 Å². The van der Waals surface area contributed by atoms with E-state index in [2.05, 4.69) is 5.16 Å². The molecule has 0 aliphatic carbocycles. The van der Waals surface area contributed by atoms with Gasteiger partial charge in [-0.1, -0.05) is 28.4 Å². The van der Waals surface area contributed by atoms with Crippen LogP contribution in [0.5, 0.6) is 0 Å². The predicted octanol–water partition coefficient (Wildman–Crippen LogP) is 5.49. The summed E-state index contributed by atoms with van der Waals surface area (Å²) in [4.78, 5) is 27.4. The average molecular weight is 514 g/mol. The molecule has 0 saturated carbocycles. The molecular weight excluding hydrogens is 494 g/mol. The van der Waals surface area contributed by atoms with Gasteiger partial charge in [-0.25, -0.2) is 0 Å². The first-order chi connectivity index (χ1) is 15.8. The van der Waals surface area contributed by atoms with E-state index in [0.717, 1.165) is 10.6 Å². The lowest BCUT2D eigenvalue weighted by atomic mass is 9.92. The molecular formula is C23H20Cl2F3N3O3. The van der Waals surface area contributed by atoms with Gasteiger partial charge in [0.15, 0.2) is 0 Å². The van der Waals surface area contributed by atoms with Crippen LogP contribution in [0.15, 0.2) is 21.5 Å². The van der Waals surface area contributed by atoms with Crippen LogP contribution in [-0.4, -0.2) is 27.1 Å². The highest BCUT2D eigenvalue weighted by molar-refractivity contribution is 6.39. The van der Waals surface area contributed by atoms with E-state index >= 15 is 0 Å². The highest BCUT2D eigenvalue weighted by Gasteiger charge is 2.38. The number of fused-ring (bicyclic) bond motifs is 1. The molecule has 3 heterocycles. The van der Waals surface area contributed by atoms with Gasteiger partial charge in [0.25, 0.3) is 11.5 Å². The van der Waals surface area contributed by atoms with Crippen molar-refractivity contribution in [3.63, 3.8) is 0 Å². The van der Waals surface area contributed by atoms with E-state index in [0.29, 0.717) is 33.2 Å². The lowest BCUT2D eigenvalue weighted by Crippen LogP contribution is -2.40. The van der Waals surface area contributed by atoms with Crippen molar-refractivity contribution in [2.45, 2.75) is 39.9 Å². The number of halogens is 5. The molecule has 0 unspecified atom stereocenters. The second kappa shape index (κ2) is 8.46. The Labute approximate surface area is 202 Å². The van der Waals surface area contributed by atoms with E-state index < -0.39 is 35.3 Å². The Morgan fingerprint density at radius 1 is 1.12 bits per heavy atom. The molecule has 0 atom stereocenters. The molecule has 4 rings (SSSR count). The topological polar surface area (TPSA) is 68.3 Å². The van der Waals surface area contributed by atoms with Crippen molar-refractivity contribution < 1.29 is 22.5 Å². The third-order valence-electron chi connectivity index (χ3n) is 6.18. The van der Waals surface area contributed by atoms with E-state index in [-0.39, 0.29) is 29.2 Å². The molecule has 34 heavy (non-hydrogen) atoms. The first kappa shape index (κ1) is 24.3. The summed E-state index contributed by atoms with van der Waals surface area (Å²) >= 11 is 13.1. The zero-order valence-corrected chi connectivity index (χ0v) is 20.2. The van der Waals surface area contributed by atoms with Crippen LogP contribution in [-0.2, 0) is 26.2 Å². The summed E-state index contributed by atoms with van der Waals surface area (Å²) in [5.74, 6) is -0.119. The lowest BCUT2D eigenvalue weighted by Gasteiger charge is -2.31. The Hall–Kier alpha value is -2.78. The smallest absolute Gasteiger partial charge is 0.361 e. The van der Waals surface area contributed by atoms with Crippen molar-refractivity contribution in [2.75, 3.05) is 6.54 Å². The van der Waals surface area contributed by atoms with Crippen LogP contribution in [0.2, 0.25) is 10.0 Å². The van der Waals surface area contributed by atoms with Gasteiger partial charge in [-0.05, 0) is 44.9 Å². The monoisotopic (exact) mass is 513 g/mol. The molecule has 1 aliphatic heterocycles. The number of hydrogen-bond donors (Lipinski definition) is 0. The van der Waals surface area contributed by atoms with Crippen LogP contribution in [0.3, 0.4) is 0 Å². The number of alkyl halides is 3. The van der Waals surface area contributed by atoms with Gasteiger partial charge in [-0.3, -0.25) is 9.59 Å². The zero-order chi connectivity index (χ0) is 25.1. The van der Waals surface area contributed by atoms with Gasteiger partial charge in [0, 0.05) is 41.0 Å². The Kier molecular flexibility index (Phi) is 6.06. The maximum atomic E-state index is 13.7. The number of hydrogen-bond acceptors (Lipinski definition) is 4. The quantitative estimate of drug-likeness (QED) is 0.464. The number of aryl methyl sites for hydroxylation is 3. The number of rotatable bonds is 3.